The maximum atomic E-state index is 12.6. The summed E-state index contributed by atoms with van der Waals surface area (Å²) in [6.07, 6.45) is 7.88. The molecule has 0 spiro atoms. The van der Waals surface area contributed by atoms with E-state index in [1.165, 1.54) is 0 Å². The highest BCUT2D eigenvalue weighted by atomic mass is 35.5. The number of aryl methyl sites for hydroxylation is 1. The first-order valence-electron chi connectivity index (χ1n) is 10.9. The van der Waals surface area contributed by atoms with Crippen molar-refractivity contribution in [1.82, 2.24) is 9.88 Å². The molecule has 0 saturated heterocycles. The largest absolute Gasteiger partial charge is 0.492 e. The summed E-state index contributed by atoms with van der Waals surface area (Å²) in [4.78, 5) is 12.6. The first kappa shape index (κ1) is 22.0. The average molecular weight is 448 g/mol. The predicted octanol–water partition coefficient (Wildman–Crippen LogP) is 5.65. The van der Waals surface area contributed by atoms with Crippen molar-refractivity contribution in [3.8, 4) is 11.8 Å². The van der Waals surface area contributed by atoms with Crippen LogP contribution in [0.4, 0.5) is 0 Å². The van der Waals surface area contributed by atoms with Crippen LogP contribution in [-0.2, 0) is 11.3 Å². The first-order valence-corrected chi connectivity index (χ1v) is 11.3. The Bertz CT molecular complexity index is 1200. The third kappa shape index (κ3) is 4.98. The number of hydrogen-bond donors (Lipinski definition) is 1. The van der Waals surface area contributed by atoms with E-state index in [-0.39, 0.29) is 17.5 Å². The summed E-state index contributed by atoms with van der Waals surface area (Å²) >= 11 is 6.09. The smallest absolute Gasteiger partial charge is 0.262 e. The van der Waals surface area contributed by atoms with Crippen molar-refractivity contribution in [1.29, 1.82) is 5.26 Å². The summed E-state index contributed by atoms with van der Waals surface area (Å²) in [7, 11) is 0. The molecule has 1 N–H and O–H groups in total. The van der Waals surface area contributed by atoms with Crippen LogP contribution < -0.4 is 10.1 Å². The third-order valence-corrected chi connectivity index (χ3v) is 6.33. The fourth-order valence-electron chi connectivity index (χ4n) is 4.18. The Morgan fingerprint density at radius 1 is 1.28 bits per heavy atom. The zero-order chi connectivity index (χ0) is 22.5. The van der Waals surface area contributed by atoms with Crippen molar-refractivity contribution in [2.45, 2.75) is 45.2 Å². The molecular weight excluding hydrogens is 422 g/mol. The number of para-hydroxylation sites is 1. The number of fused-ring (bicyclic) bond motifs is 1. The molecule has 1 aromatic heterocycles. The number of carbonyl (C=O) groups excluding carboxylic acids is 1. The van der Waals surface area contributed by atoms with Gasteiger partial charge in [0.05, 0.1) is 6.54 Å². The average Bonchev–Trinajstić information content (AvgIpc) is 3.42. The second-order valence-corrected chi connectivity index (χ2v) is 8.59. The molecule has 0 aliphatic heterocycles. The van der Waals surface area contributed by atoms with Crippen molar-refractivity contribution in [2.75, 3.05) is 6.61 Å². The number of halogens is 1. The van der Waals surface area contributed by atoms with Crippen LogP contribution in [0.1, 0.15) is 36.8 Å². The number of carbonyl (C=O) groups is 1. The van der Waals surface area contributed by atoms with Crippen molar-refractivity contribution in [3.05, 3.63) is 70.4 Å². The van der Waals surface area contributed by atoms with Crippen LogP contribution in [0.25, 0.3) is 17.0 Å². The maximum Gasteiger partial charge on any atom is 0.262 e. The molecule has 4 rings (SSSR count). The molecule has 5 nitrogen and oxygen atoms in total. The molecule has 1 aliphatic rings. The lowest BCUT2D eigenvalue weighted by Gasteiger charge is -2.10. The van der Waals surface area contributed by atoms with Crippen LogP contribution in [-0.4, -0.2) is 23.1 Å². The van der Waals surface area contributed by atoms with Gasteiger partial charge >= 0.3 is 0 Å². The van der Waals surface area contributed by atoms with E-state index in [9.17, 15) is 10.1 Å². The van der Waals surface area contributed by atoms with Crippen molar-refractivity contribution in [3.63, 3.8) is 0 Å². The lowest BCUT2D eigenvalue weighted by atomic mass is 10.1. The number of ether oxygens (including phenoxy) is 1. The van der Waals surface area contributed by atoms with Gasteiger partial charge in [-0.1, -0.05) is 42.6 Å². The van der Waals surface area contributed by atoms with Crippen LogP contribution in [0, 0.1) is 18.3 Å². The van der Waals surface area contributed by atoms with E-state index in [1.807, 2.05) is 55.6 Å². The van der Waals surface area contributed by atoms with Crippen LogP contribution >= 0.6 is 11.6 Å². The lowest BCUT2D eigenvalue weighted by Crippen LogP contribution is -2.33. The topological polar surface area (TPSA) is 67.0 Å². The molecule has 6 heteroatoms. The summed E-state index contributed by atoms with van der Waals surface area (Å²) < 4.78 is 8.00. The van der Waals surface area contributed by atoms with Gasteiger partial charge in [0.1, 0.15) is 24.0 Å². The molecular formula is C26H26ClN3O2. The highest BCUT2D eigenvalue weighted by molar-refractivity contribution is 6.31. The second-order valence-electron chi connectivity index (χ2n) is 8.18. The number of hydrogen-bond acceptors (Lipinski definition) is 3. The fourth-order valence-corrected chi connectivity index (χ4v) is 4.30. The molecule has 3 aromatic rings. The Kier molecular flexibility index (Phi) is 6.82. The third-order valence-electron chi connectivity index (χ3n) is 5.91. The molecule has 1 fully saturated rings. The molecule has 1 heterocycles. The molecule has 1 saturated carbocycles. The number of aromatic nitrogens is 1. The van der Waals surface area contributed by atoms with Gasteiger partial charge in [0, 0.05) is 33.7 Å². The van der Waals surface area contributed by atoms with Crippen molar-refractivity contribution >= 4 is 34.5 Å². The standard InChI is InChI=1S/C26H26ClN3O2/c1-18-14-22(10-11-24(18)27)32-13-12-30-17-20(23-8-4-5-9-25(23)30)15-19(16-28)26(31)29-21-6-2-3-7-21/h4-5,8-11,14-15,17,21H,2-3,6-7,12-13H2,1H3,(H,29,31). The predicted molar refractivity (Wildman–Crippen MR) is 128 cm³/mol. The van der Waals surface area contributed by atoms with E-state index in [0.717, 1.165) is 58.5 Å². The van der Waals surface area contributed by atoms with Gasteiger partial charge in [-0.15, -0.1) is 0 Å². The number of benzene rings is 2. The van der Waals surface area contributed by atoms with Gasteiger partial charge < -0.3 is 14.6 Å². The van der Waals surface area contributed by atoms with Gasteiger partial charge in [-0.05, 0) is 55.7 Å². The maximum absolute atomic E-state index is 12.6. The Labute approximate surface area is 193 Å². The van der Waals surface area contributed by atoms with Gasteiger partial charge in [-0.3, -0.25) is 4.79 Å². The normalized spacial score (nSPS) is 14.5. The van der Waals surface area contributed by atoms with Gasteiger partial charge in [-0.25, -0.2) is 0 Å². The molecule has 164 valence electrons. The van der Waals surface area contributed by atoms with Gasteiger partial charge in [-0.2, -0.15) is 5.26 Å². The summed E-state index contributed by atoms with van der Waals surface area (Å²) in [6, 6.07) is 15.8. The molecule has 0 unspecified atom stereocenters. The van der Waals surface area contributed by atoms with E-state index in [2.05, 4.69) is 16.0 Å². The van der Waals surface area contributed by atoms with Crippen LogP contribution in [0.3, 0.4) is 0 Å². The molecule has 1 aliphatic carbocycles. The first-order chi connectivity index (χ1) is 15.5. The number of rotatable bonds is 7. The quantitative estimate of drug-likeness (QED) is 0.376. The van der Waals surface area contributed by atoms with Crippen LogP contribution in [0.2, 0.25) is 5.02 Å². The fraction of sp³-hybridized carbons (Fsp3) is 0.308. The van der Waals surface area contributed by atoms with E-state index in [4.69, 9.17) is 16.3 Å². The van der Waals surface area contributed by atoms with Gasteiger partial charge in [0.2, 0.25) is 0 Å². The minimum absolute atomic E-state index is 0.132. The van der Waals surface area contributed by atoms with E-state index < -0.39 is 0 Å². The highest BCUT2D eigenvalue weighted by Gasteiger charge is 2.19. The summed E-state index contributed by atoms with van der Waals surface area (Å²) in [5, 5.41) is 14.3. The Hall–Kier alpha value is -3.23. The molecule has 2 aromatic carbocycles. The molecule has 1 amide bonds. The Morgan fingerprint density at radius 2 is 2.06 bits per heavy atom. The SMILES string of the molecule is Cc1cc(OCCn2cc(C=C(C#N)C(=O)NC3CCCC3)c3ccccc32)ccc1Cl. The number of nitrogens with zero attached hydrogens (tertiary/aromatic N) is 2. The monoisotopic (exact) mass is 447 g/mol. The van der Waals surface area contributed by atoms with E-state index in [0.29, 0.717) is 13.2 Å². The molecule has 0 bridgehead atoms. The van der Waals surface area contributed by atoms with E-state index >= 15 is 0 Å². The van der Waals surface area contributed by atoms with Gasteiger partial charge in [0.25, 0.3) is 5.91 Å². The molecule has 0 atom stereocenters. The Morgan fingerprint density at radius 3 is 2.81 bits per heavy atom. The molecule has 0 radical (unpaired) electrons. The summed E-state index contributed by atoms with van der Waals surface area (Å²) in [5.41, 5.74) is 2.99. The van der Waals surface area contributed by atoms with Gasteiger partial charge in [0.15, 0.2) is 0 Å². The van der Waals surface area contributed by atoms with Crippen LogP contribution in [0.5, 0.6) is 5.75 Å². The zero-order valence-corrected chi connectivity index (χ0v) is 18.9. The summed E-state index contributed by atoms with van der Waals surface area (Å²) in [6.45, 7) is 3.06. The zero-order valence-electron chi connectivity index (χ0n) is 18.1. The number of amides is 1. The molecule has 32 heavy (non-hydrogen) atoms. The number of nitrogens with one attached hydrogen (secondary N) is 1. The van der Waals surface area contributed by atoms with Crippen molar-refractivity contribution < 1.29 is 9.53 Å². The number of nitriles is 1. The minimum Gasteiger partial charge on any atom is -0.492 e. The highest BCUT2D eigenvalue weighted by Crippen LogP contribution is 2.25. The second kappa shape index (κ2) is 9.93. The summed E-state index contributed by atoms with van der Waals surface area (Å²) in [5.74, 6) is 0.483. The van der Waals surface area contributed by atoms with Crippen LogP contribution in [0.15, 0.2) is 54.2 Å². The lowest BCUT2D eigenvalue weighted by molar-refractivity contribution is -0.117. The Balaban J connectivity index is 1.52. The van der Waals surface area contributed by atoms with Crippen molar-refractivity contribution in [2.24, 2.45) is 0 Å². The van der Waals surface area contributed by atoms with E-state index in [1.54, 1.807) is 6.08 Å². The minimum atomic E-state index is -0.294.